The minimum atomic E-state index is -0.323. The first-order valence-electron chi connectivity index (χ1n) is 7.64. The lowest BCUT2D eigenvalue weighted by Gasteiger charge is -2.29. The van der Waals surface area contributed by atoms with Crippen LogP contribution in [0.1, 0.15) is 45.4 Å². The van der Waals surface area contributed by atoms with E-state index in [2.05, 4.69) is 10.1 Å². The molecule has 0 aromatic rings. The van der Waals surface area contributed by atoms with Gasteiger partial charge in [0.2, 0.25) is 11.8 Å². The number of hydrogen-bond acceptors (Lipinski definition) is 4. The zero-order chi connectivity index (χ0) is 15.7. The fourth-order valence-corrected chi connectivity index (χ4v) is 2.64. The molecule has 120 valence electrons. The minimum absolute atomic E-state index is 0.0636. The molecule has 0 aliphatic heterocycles. The first-order valence-corrected chi connectivity index (χ1v) is 7.64. The molecule has 0 radical (unpaired) electrons. The molecule has 0 saturated heterocycles. The number of rotatable bonds is 7. The molecule has 1 aliphatic carbocycles. The maximum absolute atomic E-state index is 12.5. The average Bonchev–Trinajstić information content (AvgIpc) is 2.50. The first kappa shape index (κ1) is 17.5. The highest BCUT2D eigenvalue weighted by atomic mass is 16.5. The molecular formula is C15H26N2O4. The second kappa shape index (κ2) is 9.37. The van der Waals surface area contributed by atoms with Gasteiger partial charge in [0.1, 0.15) is 0 Å². The van der Waals surface area contributed by atoms with Gasteiger partial charge in [0.25, 0.3) is 0 Å². The van der Waals surface area contributed by atoms with Crippen LogP contribution in [-0.2, 0) is 19.1 Å². The van der Waals surface area contributed by atoms with Gasteiger partial charge < -0.3 is 15.0 Å². The number of nitrogens with zero attached hydrogens (tertiary/aromatic N) is 1. The third-order valence-electron chi connectivity index (χ3n) is 3.84. The van der Waals surface area contributed by atoms with Crippen LogP contribution in [0.25, 0.3) is 0 Å². The van der Waals surface area contributed by atoms with Gasteiger partial charge in [0.05, 0.1) is 13.5 Å². The van der Waals surface area contributed by atoms with Crippen LogP contribution < -0.4 is 5.32 Å². The van der Waals surface area contributed by atoms with Gasteiger partial charge in [-0.05, 0) is 12.8 Å². The molecule has 0 bridgehead atoms. The van der Waals surface area contributed by atoms with Crippen molar-refractivity contribution in [3.63, 3.8) is 0 Å². The summed E-state index contributed by atoms with van der Waals surface area (Å²) >= 11 is 0. The van der Waals surface area contributed by atoms with Crippen molar-refractivity contribution in [2.75, 3.05) is 26.7 Å². The van der Waals surface area contributed by atoms with Crippen molar-refractivity contribution in [1.82, 2.24) is 10.2 Å². The third-order valence-corrected chi connectivity index (χ3v) is 3.84. The second-order valence-corrected chi connectivity index (χ2v) is 5.47. The van der Waals surface area contributed by atoms with E-state index < -0.39 is 0 Å². The van der Waals surface area contributed by atoms with Gasteiger partial charge in [0, 0.05) is 32.5 Å². The smallest absolute Gasteiger partial charge is 0.307 e. The van der Waals surface area contributed by atoms with E-state index in [1.807, 2.05) is 0 Å². The summed E-state index contributed by atoms with van der Waals surface area (Å²) in [6, 6.07) is 0. The highest BCUT2D eigenvalue weighted by Gasteiger charge is 2.26. The Balaban J connectivity index is 2.53. The summed E-state index contributed by atoms with van der Waals surface area (Å²) in [6.45, 7) is 2.64. The number of esters is 1. The zero-order valence-electron chi connectivity index (χ0n) is 13.0. The van der Waals surface area contributed by atoms with Crippen molar-refractivity contribution in [2.45, 2.75) is 45.4 Å². The monoisotopic (exact) mass is 298 g/mol. The van der Waals surface area contributed by atoms with E-state index in [0.717, 1.165) is 25.7 Å². The van der Waals surface area contributed by atoms with E-state index in [1.54, 1.807) is 4.90 Å². The fraction of sp³-hybridized carbons (Fsp3) is 0.800. The molecule has 2 amide bonds. The summed E-state index contributed by atoms with van der Waals surface area (Å²) in [5, 5.41) is 2.69. The summed E-state index contributed by atoms with van der Waals surface area (Å²) in [7, 11) is 1.34. The van der Waals surface area contributed by atoms with Crippen molar-refractivity contribution in [3.05, 3.63) is 0 Å². The van der Waals surface area contributed by atoms with Crippen LogP contribution in [0.15, 0.2) is 0 Å². The average molecular weight is 298 g/mol. The van der Waals surface area contributed by atoms with E-state index in [0.29, 0.717) is 19.6 Å². The van der Waals surface area contributed by atoms with Gasteiger partial charge in [-0.25, -0.2) is 0 Å². The number of amides is 2. The maximum atomic E-state index is 12.5. The molecule has 0 aromatic heterocycles. The molecule has 6 nitrogen and oxygen atoms in total. The van der Waals surface area contributed by atoms with Crippen LogP contribution in [-0.4, -0.2) is 49.4 Å². The van der Waals surface area contributed by atoms with Gasteiger partial charge in [-0.1, -0.05) is 19.3 Å². The quantitative estimate of drug-likeness (QED) is 0.714. The largest absolute Gasteiger partial charge is 0.469 e. The summed E-state index contributed by atoms with van der Waals surface area (Å²) in [5.41, 5.74) is 0. The molecule has 1 rings (SSSR count). The lowest BCUT2D eigenvalue weighted by molar-refractivity contribution is -0.142. The van der Waals surface area contributed by atoms with Gasteiger partial charge in [-0.15, -0.1) is 0 Å². The molecular weight excluding hydrogens is 272 g/mol. The van der Waals surface area contributed by atoms with Crippen molar-refractivity contribution in [3.8, 4) is 0 Å². The van der Waals surface area contributed by atoms with Crippen molar-refractivity contribution in [2.24, 2.45) is 5.92 Å². The number of nitrogens with one attached hydrogen (secondary N) is 1. The van der Waals surface area contributed by atoms with Crippen LogP contribution in [0.5, 0.6) is 0 Å². The number of methoxy groups -OCH3 is 1. The zero-order valence-corrected chi connectivity index (χ0v) is 13.0. The number of carbonyl (C=O) groups is 3. The Labute approximate surface area is 126 Å². The molecule has 0 atom stereocenters. The van der Waals surface area contributed by atoms with Crippen LogP contribution in [0.3, 0.4) is 0 Å². The Hall–Kier alpha value is -1.59. The Kier molecular flexibility index (Phi) is 7.79. The van der Waals surface area contributed by atoms with Crippen molar-refractivity contribution >= 4 is 17.8 Å². The lowest BCUT2D eigenvalue weighted by Crippen LogP contribution is -2.42. The summed E-state index contributed by atoms with van der Waals surface area (Å²) in [6.07, 6.45) is 5.41. The molecule has 0 unspecified atom stereocenters. The van der Waals surface area contributed by atoms with Crippen LogP contribution in [0, 0.1) is 5.92 Å². The molecule has 1 saturated carbocycles. The summed E-state index contributed by atoms with van der Waals surface area (Å²) in [4.78, 5) is 36.4. The van der Waals surface area contributed by atoms with E-state index in [-0.39, 0.29) is 30.1 Å². The SMILES string of the molecule is COC(=O)CCN(CCNC(C)=O)C(=O)C1CCCCC1. The third kappa shape index (κ3) is 6.60. The molecule has 21 heavy (non-hydrogen) atoms. The Morgan fingerprint density at radius 2 is 1.81 bits per heavy atom. The van der Waals surface area contributed by atoms with Crippen LogP contribution in [0.4, 0.5) is 0 Å². The van der Waals surface area contributed by atoms with Gasteiger partial charge in [0.15, 0.2) is 0 Å². The van der Waals surface area contributed by atoms with E-state index in [9.17, 15) is 14.4 Å². The van der Waals surface area contributed by atoms with Gasteiger partial charge in [-0.3, -0.25) is 14.4 Å². The minimum Gasteiger partial charge on any atom is -0.469 e. The summed E-state index contributed by atoms with van der Waals surface area (Å²) < 4.78 is 4.62. The van der Waals surface area contributed by atoms with E-state index in [1.165, 1.54) is 20.5 Å². The van der Waals surface area contributed by atoms with Gasteiger partial charge >= 0.3 is 5.97 Å². The van der Waals surface area contributed by atoms with E-state index >= 15 is 0 Å². The molecule has 1 N–H and O–H groups in total. The van der Waals surface area contributed by atoms with Crippen LogP contribution >= 0.6 is 0 Å². The van der Waals surface area contributed by atoms with E-state index in [4.69, 9.17) is 0 Å². The Morgan fingerprint density at radius 3 is 2.38 bits per heavy atom. The topological polar surface area (TPSA) is 75.7 Å². The first-order chi connectivity index (χ1) is 10.0. The lowest BCUT2D eigenvalue weighted by atomic mass is 9.88. The Bertz CT molecular complexity index is 365. The Morgan fingerprint density at radius 1 is 1.14 bits per heavy atom. The number of hydrogen-bond donors (Lipinski definition) is 1. The number of carbonyl (C=O) groups excluding carboxylic acids is 3. The van der Waals surface area contributed by atoms with Crippen LogP contribution in [0.2, 0.25) is 0 Å². The summed E-state index contributed by atoms with van der Waals surface area (Å²) in [5.74, 6) is -0.276. The van der Waals surface area contributed by atoms with Crippen molar-refractivity contribution in [1.29, 1.82) is 0 Å². The fourth-order valence-electron chi connectivity index (χ4n) is 2.64. The molecule has 0 heterocycles. The second-order valence-electron chi connectivity index (χ2n) is 5.47. The number of ether oxygens (including phenoxy) is 1. The molecule has 6 heteroatoms. The molecule has 0 spiro atoms. The highest BCUT2D eigenvalue weighted by molar-refractivity contribution is 5.80. The predicted octanol–water partition coefficient (Wildman–Crippen LogP) is 1.09. The normalized spacial score (nSPS) is 15.3. The maximum Gasteiger partial charge on any atom is 0.307 e. The van der Waals surface area contributed by atoms with Gasteiger partial charge in [-0.2, -0.15) is 0 Å². The van der Waals surface area contributed by atoms with Crippen molar-refractivity contribution < 1.29 is 19.1 Å². The molecule has 1 aliphatic rings. The highest BCUT2D eigenvalue weighted by Crippen LogP contribution is 2.25. The molecule has 1 fully saturated rings. The predicted molar refractivity (Wildman–Crippen MR) is 78.5 cm³/mol. The molecule has 0 aromatic carbocycles. The standard InChI is InChI=1S/C15H26N2O4/c1-12(18)16-9-11-17(10-8-14(19)21-2)15(20)13-6-4-3-5-7-13/h13H,3-11H2,1-2H3,(H,16,18).